The summed E-state index contributed by atoms with van der Waals surface area (Å²) in [4.78, 5) is 25.3. The molecule has 1 fully saturated rings. The van der Waals surface area contributed by atoms with E-state index in [0.717, 1.165) is 11.3 Å². The molecule has 1 N–H and O–H groups in total. The van der Waals surface area contributed by atoms with E-state index in [4.69, 9.17) is 0 Å². The van der Waals surface area contributed by atoms with Crippen molar-refractivity contribution in [3.05, 3.63) is 35.6 Å². The lowest BCUT2D eigenvalue weighted by Crippen LogP contribution is -2.35. The number of nitrogens with one attached hydrogen (secondary N) is 1. The summed E-state index contributed by atoms with van der Waals surface area (Å²) in [6.45, 7) is 5.18. The Morgan fingerprint density at radius 1 is 1.36 bits per heavy atom. The van der Waals surface area contributed by atoms with Crippen molar-refractivity contribution in [2.24, 2.45) is 5.92 Å². The summed E-state index contributed by atoms with van der Waals surface area (Å²) in [7, 11) is 0. The highest BCUT2D eigenvalue weighted by Gasteiger charge is 2.23. The predicted molar refractivity (Wildman–Crippen MR) is 86.2 cm³/mol. The van der Waals surface area contributed by atoms with E-state index >= 15 is 0 Å². The first-order chi connectivity index (χ1) is 10.5. The van der Waals surface area contributed by atoms with Crippen molar-refractivity contribution in [3.63, 3.8) is 0 Å². The molecule has 0 bridgehead atoms. The summed E-state index contributed by atoms with van der Waals surface area (Å²) in [5, 5.41) is 3.03. The maximum absolute atomic E-state index is 13.0. The van der Waals surface area contributed by atoms with Gasteiger partial charge in [0.25, 0.3) is 5.24 Å². The van der Waals surface area contributed by atoms with E-state index in [-0.39, 0.29) is 35.3 Å². The van der Waals surface area contributed by atoms with Crippen LogP contribution in [0, 0.1) is 11.7 Å². The second-order valence-electron chi connectivity index (χ2n) is 5.69. The van der Waals surface area contributed by atoms with Crippen molar-refractivity contribution < 1.29 is 14.0 Å². The maximum atomic E-state index is 13.0. The normalized spacial score (nSPS) is 16.2. The van der Waals surface area contributed by atoms with Gasteiger partial charge in [-0.15, -0.1) is 0 Å². The van der Waals surface area contributed by atoms with Crippen molar-refractivity contribution in [1.82, 2.24) is 10.2 Å². The Morgan fingerprint density at radius 3 is 2.59 bits per heavy atom. The SMILES string of the molecule is CC(C)C(NC(=O)CCN1CCSC1=O)c1ccc(F)cc1. The van der Waals surface area contributed by atoms with E-state index in [0.29, 0.717) is 13.1 Å². The Kier molecular flexibility index (Phi) is 5.83. The molecule has 120 valence electrons. The van der Waals surface area contributed by atoms with E-state index in [1.807, 2.05) is 13.8 Å². The molecule has 4 nitrogen and oxygen atoms in total. The average Bonchev–Trinajstić information content (AvgIpc) is 2.89. The summed E-state index contributed by atoms with van der Waals surface area (Å²) >= 11 is 1.29. The lowest BCUT2D eigenvalue weighted by Gasteiger charge is -2.23. The molecule has 2 rings (SSSR count). The second-order valence-corrected chi connectivity index (χ2v) is 6.74. The number of halogens is 1. The third-order valence-corrected chi connectivity index (χ3v) is 4.56. The fraction of sp³-hybridized carbons (Fsp3) is 0.500. The Bertz CT molecular complexity index is 533. The number of hydrogen-bond acceptors (Lipinski definition) is 3. The van der Waals surface area contributed by atoms with E-state index in [1.54, 1.807) is 17.0 Å². The van der Waals surface area contributed by atoms with Gasteiger partial charge in [0.15, 0.2) is 0 Å². The Balaban J connectivity index is 1.91. The summed E-state index contributed by atoms with van der Waals surface area (Å²) in [6.07, 6.45) is 0.288. The minimum atomic E-state index is -0.289. The van der Waals surface area contributed by atoms with Gasteiger partial charge in [-0.25, -0.2) is 4.39 Å². The molecule has 0 aromatic heterocycles. The number of hydrogen-bond donors (Lipinski definition) is 1. The molecule has 1 aromatic carbocycles. The zero-order chi connectivity index (χ0) is 16.1. The topological polar surface area (TPSA) is 49.4 Å². The van der Waals surface area contributed by atoms with Crippen LogP contribution in [0.25, 0.3) is 0 Å². The van der Waals surface area contributed by atoms with Crippen LogP contribution in [0.5, 0.6) is 0 Å². The van der Waals surface area contributed by atoms with E-state index in [2.05, 4.69) is 5.32 Å². The molecule has 1 unspecified atom stereocenters. The first kappa shape index (κ1) is 16.8. The molecule has 1 atom stereocenters. The van der Waals surface area contributed by atoms with Crippen LogP contribution >= 0.6 is 11.8 Å². The molecule has 22 heavy (non-hydrogen) atoms. The van der Waals surface area contributed by atoms with Gasteiger partial charge < -0.3 is 10.2 Å². The molecular formula is C16H21FN2O2S. The maximum Gasteiger partial charge on any atom is 0.281 e. The number of benzene rings is 1. The van der Waals surface area contributed by atoms with Gasteiger partial charge in [0, 0.05) is 25.3 Å². The molecule has 1 aliphatic heterocycles. The van der Waals surface area contributed by atoms with Crippen LogP contribution in [0.15, 0.2) is 24.3 Å². The van der Waals surface area contributed by atoms with Crippen molar-refractivity contribution in [1.29, 1.82) is 0 Å². The summed E-state index contributed by atoms with van der Waals surface area (Å²) < 4.78 is 13.0. The summed E-state index contributed by atoms with van der Waals surface area (Å²) in [5.74, 6) is 0.610. The molecule has 2 amide bonds. The summed E-state index contributed by atoms with van der Waals surface area (Å²) in [5.41, 5.74) is 0.887. The monoisotopic (exact) mass is 324 g/mol. The van der Waals surface area contributed by atoms with Gasteiger partial charge >= 0.3 is 0 Å². The molecule has 1 saturated heterocycles. The van der Waals surface area contributed by atoms with Crippen LogP contribution in [-0.4, -0.2) is 34.9 Å². The van der Waals surface area contributed by atoms with Gasteiger partial charge in [-0.05, 0) is 23.6 Å². The molecule has 0 radical (unpaired) electrons. The fourth-order valence-corrected chi connectivity index (χ4v) is 3.27. The third-order valence-electron chi connectivity index (χ3n) is 3.67. The number of thioether (sulfide) groups is 1. The first-order valence-corrected chi connectivity index (χ1v) is 8.42. The van der Waals surface area contributed by atoms with Gasteiger partial charge in [0.2, 0.25) is 5.91 Å². The van der Waals surface area contributed by atoms with Crippen molar-refractivity contribution in [2.75, 3.05) is 18.8 Å². The zero-order valence-corrected chi connectivity index (χ0v) is 13.7. The van der Waals surface area contributed by atoms with Crippen LogP contribution in [0.4, 0.5) is 9.18 Å². The van der Waals surface area contributed by atoms with Crippen molar-refractivity contribution in [3.8, 4) is 0 Å². The Hall–Kier alpha value is -1.56. The summed E-state index contributed by atoms with van der Waals surface area (Å²) in [6, 6.07) is 6.03. The first-order valence-electron chi connectivity index (χ1n) is 7.44. The van der Waals surface area contributed by atoms with Gasteiger partial charge in [0.1, 0.15) is 5.82 Å². The number of rotatable bonds is 6. The quantitative estimate of drug-likeness (QED) is 0.874. The Morgan fingerprint density at radius 2 is 2.05 bits per heavy atom. The van der Waals surface area contributed by atoms with Gasteiger partial charge in [-0.1, -0.05) is 37.7 Å². The number of amides is 2. The zero-order valence-electron chi connectivity index (χ0n) is 12.8. The number of carbonyl (C=O) groups excluding carboxylic acids is 2. The van der Waals surface area contributed by atoms with Crippen LogP contribution < -0.4 is 5.32 Å². The van der Waals surface area contributed by atoms with Crippen LogP contribution in [0.1, 0.15) is 31.9 Å². The Labute approximate surface area is 134 Å². The molecule has 1 heterocycles. The number of carbonyl (C=O) groups is 2. The smallest absolute Gasteiger partial charge is 0.281 e. The van der Waals surface area contributed by atoms with Crippen molar-refractivity contribution >= 4 is 22.9 Å². The highest BCUT2D eigenvalue weighted by Crippen LogP contribution is 2.22. The van der Waals surface area contributed by atoms with Gasteiger partial charge in [0.05, 0.1) is 6.04 Å². The lowest BCUT2D eigenvalue weighted by molar-refractivity contribution is -0.122. The molecular weight excluding hydrogens is 303 g/mol. The highest BCUT2D eigenvalue weighted by molar-refractivity contribution is 8.13. The molecule has 1 aliphatic rings. The lowest BCUT2D eigenvalue weighted by atomic mass is 9.96. The van der Waals surface area contributed by atoms with E-state index < -0.39 is 0 Å². The van der Waals surface area contributed by atoms with Crippen molar-refractivity contribution in [2.45, 2.75) is 26.3 Å². The molecule has 1 aromatic rings. The van der Waals surface area contributed by atoms with E-state index in [9.17, 15) is 14.0 Å². The van der Waals surface area contributed by atoms with Crippen LogP contribution in [0.3, 0.4) is 0 Å². The predicted octanol–water partition coefficient (Wildman–Crippen LogP) is 3.20. The largest absolute Gasteiger partial charge is 0.349 e. The van der Waals surface area contributed by atoms with Gasteiger partial charge in [-0.2, -0.15) is 0 Å². The molecule has 0 saturated carbocycles. The van der Waals surface area contributed by atoms with E-state index in [1.165, 1.54) is 23.9 Å². The molecule has 6 heteroatoms. The fourth-order valence-electron chi connectivity index (χ4n) is 2.42. The highest BCUT2D eigenvalue weighted by atomic mass is 32.2. The third kappa shape index (κ3) is 4.47. The average molecular weight is 324 g/mol. The standard InChI is InChI=1S/C16H21FN2O2S/c1-11(2)15(12-3-5-13(17)6-4-12)18-14(20)7-8-19-9-10-22-16(19)21/h3-6,11,15H,7-10H2,1-2H3,(H,18,20). The number of nitrogens with zero attached hydrogens (tertiary/aromatic N) is 1. The van der Waals surface area contributed by atoms with Gasteiger partial charge in [-0.3, -0.25) is 9.59 Å². The minimum absolute atomic E-state index is 0.0479. The second kappa shape index (κ2) is 7.63. The molecule has 0 spiro atoms. The van der Waals surface area contributed by atoms with Crippen LogP contribution in [0.2, 0.25) is 0 Å². The minimum Gasteiger partial charge on any atom is -0.349 e. The van der Waals surface area contributed by atoms with Crippen LogP contribution in [-0.2, 0) is 4.79 Å². The molecule has 0 aliphatic carbocycles.